The zero-order valence-electron chi connectivity index (χ0n) is 20.4. The lowest BCUT2D eigenvalue weighted by Crippen LogP contribution is -2.14. The van der Waals surface area contributed by atoms with Crippen molar-refractivity contribution in [2.24, 2.45) is 0 Å². The highest BCUT2D eigenvalue weighted by Gasteiger charge is 2.36. The average molecular weight is 460 g/mol. The molecule has 6 aromatic carbocycles. The predicted octanol–water partition coefficient (Wildman–Crippen LogP) is 9.40. The van der Waals surface area contributed by atoms with Crippen LogP contribution < -0.4 is 0 Å². The van der Waals surface area contributed by atoms with Crippen molar-refractivity contribution in [1.29, 1.82) is 0 Å². The fraction of sp³-hybridized carbons (Fsp3) is 0.0857. The topological polar surface area (TPSA) is 4.93 Å². The number of hydrogen-bond acceptors (Lipinski definition) is 0. The van der Waals surface area contributed by atoms with E-state index in [-0.39, 0.29) is 5.41 Å². The van der Waals surface area contributed by atoms with Gasteiger partial charge in [-0.1, -0.05) is 98.8 Å². The molecule has 0 saturated heterocycles. The average Bonchev–Trinajstić information content (AvgIpc) is 3.34. The fourth-order valence-corrected chi connectivity index (χ4v) is 6.56. The van der Waals surface area contributed by atoms with Gasteiger partial charge < -0.3 is 4.57 Å². The van der Waals surface area contributed by atoms with Crippen LogP contribution in [0.1, 0.15) is 25.0 Å². The molecule has 1 nitrogen and oxygen atoms in total. The Morgan fingerprint density at radius 3 is 1.97 bits per heavy atom. The highest BCUT2D eigenvalue weighted by atomic mass is 15.0. The second-order valence-corrected chi connectivity index (χ2v) is 10.6. The lowest BCUT2D eigenvalue weighted by atomic mass is 9.82. The van der Waals surface area contributed by atoms with Gasteiger partial charge in [-0.3, -0.25) is 0 Å². The molecule has 0 bridgehead atoms. The SMILES string of the molecule is CC1(C)c2ccccc2-c2cc3c(cc21)c1cc2ccccc2cc1n3-c1cccc2ccccc12. The van der Waals surface area contributed by atoms with Crippen molar-refractivity contribution < 1.29 is 0 Å². The minimum absolute atomic E-state index is 0.0230. The molecule has 1 aliphatic rings. The molecule has 8 rings (SSSR count). The minimum atomic E-state index is -0.0230. The van der Waals surface area contributed by atoms with Crippen LogP contribution in [0.15, 0.2) is 115 Å². The summed E-state index contributed by atoms with van der Waals surface area (Å²) in [6.45, 7) is 4.73. The molecule has 0 atom stereocenters. The Bertz CT molecular complexity index is 2010. The molecular formula is C35H25N. The monoisotopic (exact) mass is 459 g/mol. The van der Waals surface area contributed by atoms with Crippen molar-refractivity contribution in [2.45, 2.75) is 19.3 Å². The second kappa shape index (κ2) is 6.86. The van der Waals surface area contributed by atoms with Gasteiger partial charge in [-0.15, -0.1) is 0 Å². The van der Waals surface area contributed by atoms with E-state index in [0.717, 1.165) is 0 Å². The summed E-state index contributed by atoms with van der Waals surface area (Å²) in [7, 11) is 0. The third-order valence-corrected chi connectivity index (χ3v) is 8.34. The number of fused-ring (bicyclic) bond motifs is 8. The van der Waals surface area contributed by atoms with Crippen molar-refractivity contribution >= 4 is 43.4 Å². The van der Waals surface area contributed by atoms with E-state index in [2.05, 4.69) is 134 Å². The van der Waals surface area contributed by atoms with E-state index < -0.39 is 0 Å². The molecule has 0 amide bonds. The number of benzene rings is 6. The first-order valence-electron chi connectivity index (χ1n) is 12.7. The van der Waals surface area contributed by atoms with Gasteiger partial charge in [-0.05, 0) is 68.7 Å². The first kappa shape index (κ1) is 19.9. The van der Waals surface area contributed by atoms with Gasteiger partial charge in [0.25, 0.3) is 0 Å². The second-order valence-electron chi connectivity index (χ2n) is 10.6. The number of nitrogens with zero attached hydrogens (tertiary/aromatic N) is 1. The van der Waals surface area contributed by atoms with Crippen LogP contribution in [0.5, 0.6) is 0 Å². The summed E-state index contributed by atoms with van der Waals surface area (Å²) in [6.07, 6.45) is 0. The highest BCUT2D eigenvalue weighted by molar-refractivity contribution is 6.16. The molecule has 0 fully saturated rings. The van der Waals surface area contributed by atoms with Gasteiger partial charge in [-0.2, -0.15) is 0 Å². The summed E-state index contributed by atoms with van der Waals surface area (Å²) in [5.74, 6) is 0. The van der Waals surface area contributed by atoms with Crippen molar-refractivity contribution in [3.8, 4) is 16.8 Å². The highest BCUT2D eigenvalue weighted by Crippen LogP contribution is 2.51. The number of rotatable bonds is 1. The molecule has 1 heteroatoms. The molecule has 0 saturated carbocycles. The third-order valence-electron chi connectivity index (χ3n) is 8.34. The fourth-order valence-electron chi connectivity index (χ4n) is 6.56. The Labute approximate surface area is 210 Å². The van der Waals surface area contributed by atoms with E-state index in [9.17, 15) is 0 Å². The van der Waals surface area contributed by atoms with Crippen molar-refractivity contribution in [2.75, 3.05) is 0 Å². The van der Waals surface area contributed by atoms with Crippen molar-refractivity contribution in [3.05, 3.63) is 126 Å². The Kier molecular flexibility index (Phi) is 3.79. The standard InChI is InChI=1S/C35H25N/c1-35(2)30-16-8-7-15-26(30)27-21-34-29(20-31(27)35)28-18-23-11-3-4-12-24(23)19-33(28)36(34)32-17-9-13-22-10-5-6-14-25(22)32/h3-21H,1-2H3. The minimum Gasteiger partial charge on any atom is -0.309 e. The smallest absolute Gasteiger partial charge is 0.0547 e. The molecule has 1 aliphatic carbocycles. The molecule has 1 heterocycles. The van der Waals surface area contributed by atoms with Crippen LogP contribution in [0.4, 0.5) is 0 Å². The van der Waals surface area contributed by atoms with Crippen LogP contribution in [0.25, 0.3) is 60.2 Å². The summed E-state index contributed by atoms with van der Waals surface area (Å²) in [5.41, 5.74) is 9.29. The summed E-state index contributed by atoms with van der Waals surface area (Å²) in [4.78, 5) is 0. The van der Waals surface area contributed by atoms with E-state index in [1.807, 2.05) is 0 Å². The van der Waals surface area contributed by atoms with E-state index >= 15 is 0 Å². The van der Waals surface area contributed by atoms with Gasteiger partial charge in [0.05, 0.1) is 16.7 Å². The van der Waals surface area contributed by atoms with Gasteiger partial charge in [0.2, 0.25) is 0 Å². The molecule has 1 aromatic heterocycles. The molecule has 170 valence electrons. The number of hydrogen-bond donors (Lipinski definition) is 0. The van der Waals surface area contributed by atoms with E-state index in [1.165, 1.54) is 71.3 Å². The summed E-state index contributed by atoms with van der Waals surface area (Å²) >= 11 is 0. The zero-order valence-corrected chi connectivity index (χ0v) is 20.4. The van der Waals surface area contributed by atoms with Crippen LogP contribution >= 0.6 is 0 Å². The van der Waals surface area contributed by atoms with Gasteiger partial charge in [0, 0.05) is 21.6 Å². The molecule has 0 unspecified atom stereocenters. The Morgan fingerprint density at radius 2 is 1.11 bits per heavy atom. The molecule has 0 spiro atoms. The normalized spacial score (nSPS) is 14.1. The van der Waals surface area contributed by atoms with E-state index in [1.54, 1.807) is 0 Å². The largest absolute Gasteiger partial charge is 0.309 e. The molecular weight excluding hydrogens is 434 g/mol. The van der Waals surface area contributed by atoms with Gasteiger partial charge in [0.1, 0.15) is 0 Å². The summed E-state index contributed by atoms with van der Waals surface area (Å²) in [6, 6.07) is 42.7. The van der Waals surface area contributed by atoms with Crippen LogP contribution in [-0.2, 0) is 5.41 Å². The maximum Gasteiger partial charge on any atom is 0.0547 e. The summed E-state index contributed by atoms with van der Waals surface area (Å²) in [5, 5.41) is 7.72. The Balaban J connectivity index is 1.59. The zero-order chi connectivity index (χ0) is 24.0. The number of aromatic nitrogens is 1. The molecule has 0 N–H and O–H groups in total. The quantitative estimate of drug-likeness (QED) is 0.230. The van der Waals surface area contributed by atoms with Gasteiger partial charge in [-0.25, -0.2) is 0 Å². The first-order chi connectivity index (χ1) is 17.6. The maximum atomic E-state index is 2.49. The Hall–Kier alpha value is -4.36. The maximum absolute atomic E-state index is 2.49. The lowest BCUT2D eigenvalue weighted by Gasteiger charge is -2.21. The molecule has 0 aliphatic heterocycles. The lowest BCUT2D eigenvalue weighted by molar-refractivity contribution is 0.661. The van der Waals surface area contributed by atoms with Crippen LogP contribution in [0.3, 0.4) is 0 Å². The van der Waals surface area contributed by atoms with E-state index in [0.29, 0.717) is 0 Å². The van der Waals surface area contributed by atoms with Gasteiger partial charge in [0.15, 0.2) is 0 Å². The van der Waals surface area contributed by atoms with Crippen LogP contribution in [0, 0.1) is 0 Å². The first-order valence-corrected chi connectivity index (χ1v) is 12.7. The van der Waals surface area contributed by atoms with Crippen LogP contribution in [0.2, 0.25) is 0 Å². The van der Waals surface area contributed by atoms with Crippen molar-refractivity contribution in [1.82, 2.24) is 4.57 Å². The van der Waals surface area contributed by atoms with Crippen molar-refractivity contribution in [3.63, 3.8) is 0 Å². The molecule has 0 radical (unpaired) electrons. The third kappa shape index (κ3) is 2.50. The Morgan fingerprint density at radius 1 is 0.472 bits per heavy atom. The molecule has 36 heavy (non-hydrogen) atoms. The molecule has 7 aromatic rings. The predicted molar refractivity (Wildman–Crippen MR) is 153 cm³/mol. The van der Waals surface area contributed by atoms with Crippen LogP contribution in [-0.4, -0.2) is 4.57 Å². The van der Waals surface area contributed by atoms with E-state index in [4.69, 9.17) is 0 Å². The van der Waals surface area contributed by atoms with Gasteiger partial charge >= 0.3 is 0 Å². The summed E-state index contributed by atoms with van der Waals surface area (Å²) < 4.78 is 2.49.